The van der Waals surface area contributed by atoms with Crippen LogP contribution in [-0.4, -0.2) is 88.1 Å². The van der Waals surface area contributed by atoms with Crippen molar-refractivity contribution in [2.75, 3.05) is 50.8 Å². The molecule has 1 atom stereocenters. The average Bonchev–Trinajstić information content (AvgIpc) is 3.76. The summed E-state index contributed by atoms with van der Waals surface area (Å²) < 4.78 is 23.9. The number of nitrogens with zero attached hydrogens (tertiary/aromatic N) is 7. The number of ether oxygens (including phenoxy) is 1. The second-order valence-corrected chi connectivity index (χ2v) is 12.5. The number of hydrogen-bond donors (Lipinski definition) is 0. The standard InChI is InChI=1S/C32H32FN7O2S/c1-3-26(41)40-15-14-38(19-21(40)17-34-2)30-24-18-35-28(23-7-4-8-25-22(23)9-16-43-25)27(33)29(24)36-31(37-30)42-20-32-10-5-12-39(32)13-6-11-32/h3-4,7-9,16,18,21H,1,5-6,10-15,17,19-20H2/t21-/m0/s1. The Bertz CT molecular complexity index is 1760. The van der Waals surface area contributed by atoms with Gasteiger partial charge in [-0.2, -0.15) is 9.97 Å². The van der Waals surface area contributed by atoms with Gasteiger partial charge in [0.2, 0.25) is 12.5 Å². The minimum atomic E-state index is -0.524. The lowest BCUT2D eigenvalue weighted by Gasteiger charge is -2.39. The van der Waals surface area contributed by atoms with E-state index in [0.717, 1.165) is 48.9 Å². The molecule has 0 aliphatic carbocycles. The predicted molar refractivity (Wildman–Crippen MR) is 166 cm³/mol. The number of anilines is 1. The van der Waals surface area contributed by atoms with Crippen LogP contribution >= 0.6 is 11.3 Å². The topological polar surface area (TPSA) is 79.1 Å². The summed E-state index contributed by atoms with van der Waals surface area (Å²) in [7, 11) is 0. The fraction of sp³-hybridized carbons (Fsp3) is 0.406. The molecule has 3 aromatic heterocycles. The second-order valence-electron chi connectivity index (χ2n) is 11.5. The van der Waals surface area contributed by atoms with Gasteiger partial charge in [0, 0.05) is 41.5 Å². The Morgan fingerprint density at radius 3 is 2.81 bits per heavy atom. The molecule has 1 amide bonds. The van der Waals surface area contributed by atoms with Crippen LogP contribution in [0.25, 0.3) is 37.1 Å². The van der Waals surface area contributed by atoms with Gasteiger partial charge in [0.1, 0.15) is 29.7 Å². The zero-order valence-electron chi connectivity index (χ0n) is 23.8. The van der Waals surface area contributed by atoms with Gasteiger partial charge in [0.25, 0.3) is 0 Å². The number of thiophene rings is 1. The van der Waals surface area contributed by atoms with Crippen LogP contribution in [0.2, 0.25) is 0 Å². The van der Waals surface area contributed by atoms with Crippen LogP contribution in [0, 0.1) is 12.4 Å². The molecule has 7 rings (SSSR count). The summed E-state index contributed by atoms with van der Waals surface area (Å²) in [4.78, 5) is 36.4. The second kappa shape index (κ2) is 11.2. The van der Waals surface area contributed by atoms with Crippen LogP contribution in [0.15, 0.2) is 48.5 Å². The van der Waals surface area contributed by atoms with Crippen molar-refractivity contribution in [1.82, 2.24) is 24.8 Å². The summed E-state index contributed by atoms with van der Waals surface area (Å²) in [6.45, 7) is 15.0. The lowest BCUT2D eigenvalue weighted by Crippen LogP contribution is -2.56. The van der Waals surface area contributed by atoms with Gasteiger partial charge >= 0.3 is 6.01 Å². The van der Waals surface area contributed by atoms with E-state index < -0.39 is 5.82 Å². The van der Waals surface area contributed by atoms with Crippen molar-refractivity contribution in [3.63, 3.8) is 0 Å². The molecule has 0 bridgehead atoms. The third-order valence-electron chi connectivity index (χ3n) is 9.22. The van der Waals surface area contributed by atoms with Gasteiger partial charge in [0.15, 0.2) is 5.82 Å². The van der Waals surface area contributed by atoms with E-state index in [1.54, 1.807) is 22.4 Å². The van der Waals surface area contributed by atoms with Crippen molar-refractivity contribution in [1.29, 1.82) is 0 Å². The summed E-state index contributed by atoms with van der Waals surface area (Å²) in [5, 5.41) is 3.40. The van der Waals surface area contributed by atoms with Crippen molar-refractivity contribution < 1.29 is 13.9 Å². The Kier molecular flexibility index (Phi) is 7.19. The highest BCUT2D eigenvalue weighted by molar-refractivity contribution is 7.17. The molecule has 4 aromatic rings. The zero-order valence-corrected chi connectivity index (χ0v) is 24.7. The van der Waals surface area contributed by atoms with E-state index in [4.69, 9.17) is 16.3 Å². The predicted octanol–water partition coefficient (Wildman–Crippen LogP) is 5.18. The summed E-state index contributed by atoms with van der Waals surface area (Å²) in [6, 6.07) is 7.56. The minimum Gasteiger partial charge on any atom is -0.461 e. The molecule has 0 N–H and O–H groups in total. The highest BCUT2D eigenvalue weighted by Gasteiger charge is 2.45. The van der Waals surface area contributed by atoms with E-state index >= 15 is 4.39 Å². The van der Waals surface area contributed by atoms with Gasteiger partial charge in [-0.15, -0.1) is 11.3 Å². The molecule has 3 saturated heterocycles. The summed E-state index contributed by atoms with van der Waals surface area (Å²) in [6.07, 6.45) is 7.33. The van der Waals surface area contributed by atoms with Crippen molar-refractivity contribution >= 4 is 44.1 Å². The number of halogens is 1. The summed E-state index contributed by atoms with van der Waals surface area (Å²) in [5.74, 6) is -0.231. The van der Waals surface area contributed by atoms with Gasteiger partial charge < -0.3 is 19.4 Å². The van der Waals surface area contributed by atoms with Gasteiger partial charge in [0.05, 0.1) is 10.9 Å². The van der Waals surface area contributed by atoms with E-state index in [0.29, 0.717) is 43.0 Å². The summed E-state index contributed by atoms with van der Waals surface area (Å²) >= 11 is 1.60. The Balaban J connectivity index is 1.31. The Morgan fingerprint density at radius 1 is 1.19 bits per heavy atom. The molecular weight excluding hydrogens is 565 g/mol. The van der Waals surface area contributed by atoms with Crippen LogP contribution in [0.3, 0.4) is 0 Å². The first-order valence-electron chi connectivity index (χ1n) is 14.7. The number of pyridine rings is 1. The maximum Gasteiger partial charge on any atom is 0.319 e. The fourth-order valence-electron chi connectivity index (χ4n) is 7.09. The molecule has 3 aliphatic heterocycles. The van der Waals surface area contributed by atoms with E-state index in [-0.39, 0.29) is 41.3 Å². The molecule has 11 heteroatoms. The Hall–Kier alpha value is -4.14. The number of rotatable bonds is 7. The van der Waals surface area contributed by atoms with Crippen LogP contribution in [0.1, 0.15) is 25.7 Å². The van der Waals surface area contributed by atoms with Crippen LogP contribution in [0.5, 0.6) is 6.01 Å². The van der Waals surface area contributed by atoms with Crippen molar-refractivity contribution in [3.05, 3.63) is 65.7 Å². The number of benzene rings is 1. The Labute approximate surface area is 253 Å². The number of amides is 1. The summed E-state index contributed by atoms with van der Waals surface area (Å²) in [5.41, 5.74) is 1.07. The monoisotopic (exact) mass is 597 g/mol. The van der Waals surface area contributed by atoms with Crippen molar-refractivity contribution in [2.24, 2.45) is 0 Å². The highest BCUT2D eigenvalue weighted by Crippen LogP contribution is 2.40. The molecule has 0 radical (unpaired) electrons. The smallest absolute Gasteiger partial charge is 0.319 e. The number of fused-ring (bicyclic) bond motifs is 3. The minimum absolute atomic E-state index is 0.0214. The fourth-order valence-corrected chi connectivity index (χ4v) is 7.91. The van der Waals surface area contributed by atoms with Gasteiger partial charge in [-0.05, 0) is 62.4 Å². The van der Waals surface area contributed by atoms with Crippen LogP contribution in [-0.2, 0) is 4.79 Å². The highest BCUT2D eigenvalue weighted by atomic mass is 32.1. The zero-order chi connectivity index (χ0) is 29.6. The molecule has 220 valence electrons. The van der Waals surface area contributed by atoms with Crippen molar-refractivity contribution in [3.8, 4) is 17.3 Å². The normalized spacial score (nSPS) is 20.0. The molecule has 0 spiro atoms. The molecule has 1 aromatic carbocycles. The van der Waals surface area contributed by atoms with Gasteiger partial charge in [-0.3, -0.25) is 14.7 Å². The maximum atomic E-state index is 16.5. The lowest BCUT2D eigenvalue weighted by molar-refractivity contribution is -0.128. The molecular formula is C32H32FN7O2S. The average molecular weight is 598 g/mol. The first kappa shape index (κ1) is 27.7. The first-order chi connectivity index (χ1) is 21.0. The Morgan fingerprint density at radius 2 is 2.02 bits per heavy atom. The van der Waals surface area contributed by atoms with E-state index in [9.17, 15) is 4.79 Å². The number of hydrogen-bond acceptors (Lipinski definition) is 8. The SMILES string of the molecule is [C-]#[N+]C[C@H]1CN(c2nc(OCC34CCCN3CCC4)nc3c(F)c(-c4cccc5sccc45)ncc23)CCN1C(=O)C=C. The van der Waals surface area contributed by atoms with Gasteiger partial charge in [-0.25, -0.2) is 11.0 Å². The first-order valence-corrected chi connectivity index (χ1v) is 15.6. The van der Waals surface area contributed by atoms with E-state index in [1.807, 2.05) is 34.5 Å². The van der Waals surface area contributed by atoms with Crippen LogP contribution in [0.4, 0.5) is 10.2 Å². The third-order valence-corrected chi connectivity index (χ3v) is 10.1. The quantitative estimate of drug-likeness (QED) is 0.215. The number of carbonyl (C=O) groups excluding carboxylic acids is 1. The largest absolute Gasteiger partial charge is 0.461 e. The number of aromatic nitrogens is 3. The molecule has 0 saturated carbocycles. The number of piperazine rings is 1. The maximum absolute atomic E-state index is 16.5. The van der Waals surface area contributed by atoms with E-state index in [1.165, 1.54) is 6.08 Å². The van der Waals surface area contributed by atoms with Crippen LogP contribution < -0.4 is 9.64 Å². The third kappa shape index (κ3) is 4.79. The molecule has 9 nitrogen and oxygen atoms in total. The lowest BCUT2D eigenvalue weighted by atomic mass is 9.95. The molecule has 0 unspecified atom stereocenters. The van der Waals surface area contributed by atoms with Gasteiger partial charge in [-0.1, -0.05) is 18.7 Å². The molecule has 3 fully saturated rings. The molecule has 6 heterocycles. The molecule has 43 heavy (non-hydrogen) atoms. The molecule has 3 aliphatic rings. The number of carbonyl (C=O) groups is 1. The van der Waals surface area contributed by atoms with E-state index in [2.05, 4.69) is 26.3 Å². The van der Waals surface area contributed by atoms with Crippen molar-refractivity contribution in [2.45, 2.75) is 37.3 Å².